The molecular formula is C12H17NOS. The molecule has 0 radical (unpaired) electrons. The van der Waals surface area contributed by atoms with E-state index in [4.69, 9.17) is 0 Å². The Morgan fingerprint density at radius 2 is 2.27 bits per heavy atom. The highest BCUT2D eigenvalue weighted by molar-refractivity contribution is 7.14. The molecule has 0 saturated carbocycles. The zero-order valence-electron chi connectivity index (χ0n) is 9.30. The first kappa shape index (κ1) is 10.8. The van der Waals surface area contributed by atoms with Gasteiger partial charge in [0.25, 0.3) is 0 Å². The normalized spacial score (nSPS) is 26.5. The van der Waals surface area contributed by atoms with Gasteiger partial charge in [-0.1, -0.05) is 0 Å². The number of hydrogen-bond acceptors (Lipinski definition) is 3. The summed E-state index contributed by atoms with van der Waals surface area (Å²) in [6.07, 6.45) is 3.30. The summed E-state index contributed by atoms with van der Waals surface area (Å²) in [5.41, 5.74) is -0.324. The molecule has 1 aromatic heterocycles. The first-order valence-electron chi connectivity index (χ1n) is 5.48. The van der Waals surface area contributed by atoms with E-state index in [-0.39, 0.29) is 11.3 Å². The molecule has 1 atom stereocenters. The highest BCUT2D eigenvalue weighted by Gasteiger charge is 2.35. The molecule has 2 heterocycles. The molecule has 0 bridgehead atoms. The third kappa shape index (κ3) is 2.13. The summed E-state index contributed by atoms with van der Waals surface area (Å²) in [7, 11) is 0. The number of ketones is 1. The molecule has 2 rings (SSSR count). The van der Waals surface area contributed by atoms with Crippen LogP contribution < -0.4 is 5.32 Å². The van der Waals surface area contributed by atoms with Gasteiger partial charge in [0, 0.05) is 4.88 Å². The molecule has 3 heteroatoms. The number of rotatable bonds is 2. The summed E-state index contributed by atoms with van der Waals surface area (Å²) in [6.45, 7) is 5.04. The maximum Gasteiger partial charge on any atom is 0.192 e. The number of hydrogen-bond donors (Lipinski definition) is 1. The Labute approximate surface area is 94.7 Å². The van der Waals surface area contributed by atoms with E-state index in [1.54, 1.807) is 11.3 Å². The average molecular weight is 223 g/mol. The molecule has 1 N–H and O–H groups in total. The first-order chi connectivity index (χ1) is 7.12. The van der Waals surface area contributed by atoms with Crippen LogP contribution in [0.5, 0.6) is 0 Å². The lowest BCUT2D eigenvalue weighted by molar-refractivity contribution is 0.0839. The van der Waals surface area contributed by atoms with Crippen molar-refractivity contribution in [3.63, 3.8) is 0 Å². The third-order valence-corrected chi connectivity index (χ3v) is 4.08. The van der Waals surface area contributed by atoms with Crippen molar-refractivity contribution in [3.8, 4) is 0 Å². The van der Waals surface area contributed by atoms with E-state index in [0.717, 1.165) is 24.3 Å². The second-order valence-corrected chi connectivity index (χ2v) is 5.74. The number of carbonyl (C=O) groups excluding carboxylic acids is 1. The maximum absolute atomic E-state index is 12.3. The highest BCUT2D eigenvalue weighted by Crippen LogP contribution is 2.26. The number of thiophene rings is 1. The van der Waals surface area contributed by atoms with Crippen LogP contribution in [0.2, 0.25) is 0 Å². The van der Waals surface area contributed by atoms with E-state index in [1.165, 1.54) is 11.3 Å². The van der Waals surface area contributed by atoms with Crippen LogP contribution in [0.4, 0.5) is 0 Å². The van der Waals surface area contributed by atoms with Gasteiger partial charge < -0.3 is 5.32 Å². The Bertz CT molecular complexity index is 363. The Morgan fingerprint density at radius 3 is 2.80 bits per heavy atom. The van der Waals surface area contributed by atoms with Gasteiger partial charge in [0.1, 0.15) is 0 Å². The molecule has 0 amide bonds. The van der Waals surface area contributed by atoms with Crippen molar-refractivity contribution >= 4 is 17.1 Å². The van der Waals surface area contributed by atoms with Gasteiger partial charge in [-0.3, -0.25) is 4.79 Å². The molecule has 1 fully saturated rings. The van der Waals surface area contributed by atoms with Crippen molar-refractivity contribution in [1.29, 1.82) is 0 Å². The number of carbonyl (C=O) groups is 1. The highest BCUT2D eigenvalue weighted by atomic mass is 32.1. The molecule has 0 spiro atoms. The molecule has 1 aliphatic rings. The van der Waals surface area contributed by atoms with E-state index in [0.29, 0.717) is 0 Å². The van der Waals surface area contributed by atoms with Crippen LogP contribution in [0.15, 0.2) is 12.1 Å². The van der Waals surface area contributed by atoms with Gasteiger partial charge in [-0.2, -0.15) is 0 Å². The standard InChI is InChI=1S/C12H17NOS/c1-9-5-6-10(15-9)11(14)12(2)7-3-4-8-13-12/h5-6,13H,3-4,7-8H2,1-2H3. The molecule has 0 aromatic carbocycles. The molecule has 0 aliphatic carbocycles. The maximum atomic E-state index is 12.3. The zero-order valence-corrected chi connectivity index (χ0v) is 10.1. The molecule has 15 heavy (non-hydrogen) atoms. The molecule has 2 nitrogen and oxygen atoms in total. The van der Waals surface area contributed by atoms with E-state index in [1.807, 2.05) is 26.0 Å². The summed E-state index contributed by atoms with van der Waals surface area (Å²) >= 11 is 1.60. The van der Waals surface area contributed by atoms with E-state index < -0.39 is 0 Å². The molecule has 1 unspecified atom stereocenters. The van der Waals surface area contributed by atoms with Gasteiger partial charge >= 0.3 is 0 Å². The monoisotopic (exact) mass is 223 g/mol. The van der Waals surface area contributed by atoms with E-state index in [2.05, 4.69) is 5.32 Å². The van der Waals surface area contributed by atoms with Crippen LogP contribution in [0.25, 0.3) is 0 Å². The van der Waals surface area contributed by atoms with Crippen LogP contribution in [0.1, 0.15) is 40.7 Å². The van der Waals surface area contributed by atoms with E-state index >= 15 is 0 Å². The molecule has 1 aliphatic heterocycles. The Hall–Kier alpha value is -0.670. The van der Waals surface area contributed by atoms with Crippen molar-refractivity contribution in [2.75, 3.05) is 6.54 Å². The molecule has 1 aromatic rings. The summed E-state index contributed by atoms with van der Waals surface area (Å²) in [4.78, 5) is 14.4. The van der Waals surface area contributed by atoms with Crippen molar-refractivity contribution in [3.05, 3.63) is 21.9 Å². The number of Topliss-reactive ketones (excluding diaryl/α,β-unsaturated/α-hetero) is 1. The third-order valence-electron chi connectivity index (χ3n) is 3.08. The van der Waals surface area contributed by atoms with Gasteiger partial charge in [0.15, 0.2) is 5.78 Å². The predicted molar refractivity (Wildman–Crippen MR) is 63.6 cm³/mol. The lowest BCUT2D eigenvalue weighted by atomic mass is 9.86. The molecular weight excluding hydrogens is 206 g/mol. The van der Waals surface area contributed by atoms with Crippen molar-refractivity contribution in [2.45, 2.75) is 38.6 Å². The number of piperidine rings is 1. The summed E-state index contributed by atoms with van der Waals surface area (Å²) in [5, 5.41) is 3.36. The summed E-state index contributed by atoms with van der Waals surface area (Å²) in [5.74, 6) is 0.264. The topological polar surface area (TPSA) is 29.1 Å². The van der Waals surface area contributed by atoms with Crippen molar-refractivity contribution < 1.29 is 4.79 Å². The quantitative estimate of drug-likeness (QED) is 0.781. The number of nitrogens with one attached hydrogen (secondary N) is 1. The fourth-order valence-electron chi connectivity index (χ4n) is 2.08. The molecule has 82 valence electrons. The van der Waals surface area contributed by atoms with Crippen LogP contribution in [0, 0.1) is 6.92 Å². The largest absolute Gasteiger partial charge is 0.305 e. The van der Waals surface area contributed by atoms with Gasteiger partial charge in [-0.15, -0.1) is 11.3 Å². The van der Waals surface area contributed by atoms with E-state index in [9.17, 15) is 4.79 Å². The second-order valence-electron chi connectivity index (χ2n) is 4.46. The van der Waals surface area contributed by atoms with Crippen LogP contribution in [0.3, 0.4) is 0 Å². The van der Waals surface area contributed by atoms with Crippen molar-refractivity contribution in [1.82, 2.24) is 5.32 Å². The minimum absolute atomic E-state index is 0.264. The second kappa shape index (κ2) is 4.06. The Balaban J connectivity index is 2.19. The Morgan fingerprint density at radius 1 is 1.47 bits per heavy atom. The van der Waals surface area contributed by atoms with Crippen LogP contribution in [-0.2, 0) is 0 Å². The van der Waals surface area contributed by atoms with Crippen molar-refractivity contribution in [2.24, 2.45) is 0 Å². The molecule has 1 saturated heterocycles. The number of aryl methyl sites for hydroxylation is 1. The SMILES string of the molecule is Cc1ccc(C(=O)C2(C)CCCCN2)s1. The first-order valence-corrected chi connectivity index (χ1v) is 6.30. The Kier molecular flexibility index (Phi) is 2.94. The lowest BCUT2D eigenvalue weighted by Gasteiger charge is -2.33. The van der Waals surface area contributed by atoms with Crippen LogP contribution >= 0.6 is 11.3 Å². The lowest BCUT2D eigenvalue weighted by Crippen LogP contribution is -2.51. The average Bonchev–Trinajstić information content (AvgIpc) is 2.65. The van der Waals surface area contributed by atoms with Gasteiger partial charge in [0.2, 0.25) is 0 Å². The predicted octanol–water partition coefficient (Wildman–Crippen LogP) is 2.77. The van der Waals surface area contributed by atoms with Gasteiger partial charge in [0.05, 0.1) is 10.4 Å². The minimum atomic E-state index is -0.324. The fourth-order valence-corrected chi connectivity index (χ4v) is 3.02. The summed E-state index contributed by atoms with van der Waals surface area (Å²) < 4.78 is 0. The van der Waals surface area contributed by atoms with Gasteiger partial charge in [-0.25, -0.2) is 0 Å². The van der Waals surface area contributed by atoms with Crippen LogP contribution in [-0.4, -0.2) is 17.9 Å². The minimum Gasteiger partial charge on any atom is -0.305 e. The van der Waals surface area contributed by atoms with Gasteiger partial charge in [-0.05, 0) is 51.8 Å². The summed E-state index contributed by atoms with van der Waals surface area (Å²) in [6, 6.07) is 3.97. The fraction of sp³-hybridized carbons (Fsp3) is 0.583. The zero-order chi connectivity index (χ0) is 10.9. The smallest absolute Gasteiger partial charge is 0.192 e.